The van der Waals surface area contributed by atoms with E-state index >= 15 is 0 Å². The first kappa shape index (κ1) is 13.3. The predicted molar refractivity (Wildman–Crippen MR) is 71.0 cm³/mol. The van der Waals surface area contributed by atoms with E-state index in [1.165, 1.54) is 25.8 Å². The molecule has 0 aromatic rings. The number of hydrogen-bond donors (Lipinski definition) is 2. The van der Waals surface area contributed by atoms with Gasteiger partial charge in [-0.15, -0.1) is 0 Å². The number of piperidine rings is 1. The molecule has 0 amide bonds. The second-order valence-electron chi connectivity index (χ2n) is 5.99. The Labute approximate surface area is 106 Å². The van der Waals surface area contributed by atoms with Crippen molar-refractivity contribution >= 4 is 0 Å². The van der Waals surface area contributed by atoms with Crippen LogP contribution in [0.4, 0.5) is 0 Å². The highest BCUT2D eigenvalue weighted by Crippen LogP contribution is 2.26. The van der Waals surface area contributed by atoms with Crippen LogP contribution >= 0.6 is 0 Å². The molecule has 0 bridgehead atoms. The number of hydrogen-bond acceptors (Lipinski definition) is 3. The molecule has 1 aliphatic carbocycles. The summed E-state index contributed by atoms with van der Waals surface area (Å²) in [7, 11) is 0. The van der Waals surface area contributed by atoms with E-state index in [1.54, 1.807) is 0 Å². The Hall–Kier alpha value is -0.120. The van der Waals surface area contributed by atoms with Gasteiger partial charge in [-0.1, -0.05) is 13.3 Å². The number of nitrogens with one attached hydrogen (secondary N) is 1. The first-order chi connectivity index (χ1) is 8.19. The molecule has 17 heavy (non-hydrogen) atoms. The molecule has 1 heterocycles. The van der Waals surface area contributed by atoms with Crippen molar-refractivity contribution in [2.75, 3.05) is 26.2 Å². The lowest BCUT2D eigenvalue weighted by Crippen LogP contribution is -2.52. The summed E-state index contributed by atoms with van der Waals surface area (Å²) in [6.07, 6.45) is 5.22. The van der Waals surface area contributed by atoms with Crippen LogP contribution in [0.3, 0.4) is 0 Å². The molecule has 0 radical (unpaired) electrons. The highest BCUT2D eigenvalue weighted by atomic mass is 16.3. The predicted octanol–water partition coefficient (Wildman–Crippen LogP) is 1.47. The molecule has 1 aliphatic heterocycles. The zero-order chi connectivity index (χ0) is 12.3. The Balaban J connectivity index is 1.78. The van der Waals surface area contributed by atoms with Crippen LogP contribution in [0, 0.1) is 11.8 Å². The topological polar surface area (TPSA) is 35.5 Å². The van der Waals surface area contributed by atoms with E-state index in [-0.39, 0.29) is 6.10 Å². The van der Waals surface area contributed by atoms with Crippen molar-refractivity contribution < 1.29 is 5.11 Å². The summed E-state index contributed by atoms with van der Waals surface area (Å²) in [6, 6.07) is 0.587. The van der Waals surface area contributed by atoms with Crippen molar-refractivity contribution in [3.8, 4) is 0 Å². The molecule has 0 aromatic heterocycles. The van der Waals surface area contributed by atoms with E-state index in [2.05, 4.69) is 17.1 Å². The van der Waals surface area contributed by atoms with E-state index < -0.39 is 0 Å². The average molecular weight is 240 g/mol. The lowest BCUT2D eigenvalue weighted by Gasteiger charge is -2.40. The third-order valence-electron chi connectivity index (χ3n) is 4.61. The maximum absolute atomic E-state index is 9.79. The molecule has 0 spiro atoms. The Morgan fingerprint density at radius 1 is 1.35 bits per heavy atom. The molecule has 0 aromatic carbocycles. The molecular weight excluding hydrogens is 212 g/mol. The van der Waals surface area contributed by atoms with E-state index in [4.69, 9.17) is 0 Å². The minimum atomic E-state index is -0.169. The third kappa shape index (κ3) is 3.67. The summed E-state index contributed by atoms with van der Waals surface area (Å²) in [4.78, 5) is 2.47. The largest absolute Gasteiger partial charge is 0.393 e. The van der Waals surface area contributed by atoms with Gasteiger partial charge < -0.3 is 15.3 Å². The number of nitrogens with zero attached hydrogens (tertiary/aromatic N) is 1. The molecule has 2 aliphatic rings. The van der Waals surface area contributed by atoms with E-state index in [0.717, 1.165) is 32.0 Å². The van der Waals surface area contributed by atoms with Crippen molar-refractivity contribution in [3.63, 3.8) is 0 Å². The van der Waals surface area contributed by atoms with Crippen molar-refractivity contribution in [2.45, 2.75) is 51.7 Å². The van der Waals surface area contributed by atoms with Crippen molar-refractivity contribution in [1.29, 1.82) is 0 Å². The molecule has 1 saturated heterocycles. The average Bonchev–Trinajstić information content (AvgIpc) is 2.26. The van der Waals surface area contributed by atoms with Crippen LogP contribution in [0.5, 0.6) is 0 Å². The van der Waals surface area contributed by atoms with Gasteiger partial charge >= 0.3 is 0 Å². The minimum absolute atomic E-state index is 0.169. The number of likely N-dealkylation sites (tertiary alicyclic amines) is 1. The molecule has 100 valence electrons. The van der Waals surface area contributed by atoms with Gasteiger partial charge in [0.05, 0.1) is 6.10 Å². The second kappa shape index (κ2) is 6.17. The molecule has 3 heteroatoms. The maximum atomic E-state index is 9.79. The van der Waals surface area contributed by atoms with Gasteiger partial charge in [0.15, 0.2) is 0 Å². The standard InChI is InChI=1S/C14H28N2O/c1-3-16-9-13(11(2)17)7-14(10-16)15-8-12-5-4-6-12/h11-15,17H,3-10H2,1-2H3. The fourth-order valence-electron chi connectivity index (χ4n) is 3.02. The summed E-state index contributed by atoms with van der Waals surface area (Å²) in [5.41, 5.74) is 0. The fourth-order valence-corrected chi connectivity index (χ4v) is 3.02. The molecule has 2 N–H and O–H groups in total. The molecule has 1 saturated carbocycles. The Morgan fingerprint density at radius 3 is 2.65 bits per heavy atom. The number of rotatable bonds is 5. The van der Waals surface area contributed by atoms with Crippen molar-refractivity contribution in [3.05, 3.63) is 0 Å². The number of aliphatic hydroxyl groups is 1. The smallest absolute Gasteiger partial charge is 0.0553 e. The molecular formula is C14H28N2O. The molecule has 2 rings (SSSR count). The van der Waals surface area contributed by atoms with Crippen LogP contribution in [0.25, 0.3) is 0 Å². The highest BCUT2D eigenvalue weighted by Gasteiger charge is 2.29. The van der Waals surface area contributed by atoms with Gasteiger partial charge in [-0.3, -0.25) is 0 Å². The van der Waals surface area contributed by atoms with Gasteiger partial charge in [0.1, 0.15) is 0 Å². The van der Waals surface area contributed by atoms with E-state index in [1.807, 2.05) is 6.92 Å². The first-order valence-electron chi connectivity index (χ1n) is 7.32. The first-order valence-corrected chi connectivity index (χ1v) is 7.32. The van der Waals surface area contributed by atoms with Gasteiger partial charge in [-0.05, 0) is 51.1 Å². The molecule has 3 unspecified atom stereocenters. The lowest BCUT2D eigenvalue weighted by molar-refractivity contribution is 0.0487. The van der Waals surface area contributed by atoms with E-state index in [9.17, 15) is 5.11 Å². The zero-order valence-electron chi connectivity index (χ0n) is 11.4. The molecule has 3 nitrogen and oxygen atoms in total. The van der Waals surface area contributed by atoms with E-state index in [0.29, 0.717) is 12.0 Å². The normalized spacial score (nSPS) is 33.4. The molecule has 2 fully saturated rings. The summed E-state index contributed by atoms with van der Waals surface area (Å²) in [5, 5.41) is 13.5. The minimum Gasteiger partial charge on any atom is -0.393 e. The summed E-state index contributed by atoms with van der Waals surface area (Å²) >= 11 is 0. The summed E-state index contributed by atoms with van der Waals surface area (Å²) in [6.45, 7) is 8.67. The fraction of sp³-hybridized carbons (Fsp3) is 1.00. The number of aliphatic hydroxyl groups excluding tert-OH is 1. The van der Waals surface area contributed by atoms with Crippen LogP contribution in [-0.4, -0.2) is 48.3 Å². The highest BCUT2D eigenvalue weighted by molar-refractivity contribution is 4.86. The monoisotopic (exact) mass is 240 g/mol. The Bertz CT molecular complexity index is 228. The Morgan fingerprint density at radius 2 is 2.12 bits per heavy atom. The lowest BCUT2D eigenvalue weighted by atomic mass is 9.84. The quantitative estimate of drug-likeness (QED) is 0.764. The number of likely N-dealkylation sites (N-methyl/N-ethyl adjacent to an activating group) is 1. The van der Waals surface area contributed by atoms with Crippen LogP contribution in [0.2, 0.25) is 0 Å². The van der Waals surface area contributed by atoms with Gasteiger partial charge in [0.2, 0.25) is 0 Å². The third-order valence-corrected chi connectivity index (χ3v) is 4.61. The van der Waals surface area contributed by atoms with Gasteiger partial charge in [0, 0.05) is 19.1 Å². The van der Waals surface area contributed by atoms with Gasteiger partial charge in [0.25, 0.3) is 0 Å². The molecule has 3 atom stereocenters. The van der Waals surface area contributed by atoms with Crippen LogP contribution in [-0.2, 0) is 0 Å². The van der Waals surface area contributed by atoms with Crippen molar-refractivity contribution in [1.82, 2.24) is 10.2 Å². The van der Waals surface area contributed by atoms with Crippen LogP contribution in [0.15, 0.2) is 0 Å². The second-order valence-corrected chi connectivity index (χ2v) is 5.99. The van der Waals surface area contributed by atoms with Gasteiger partial charge in [-0.2, -0.15) is 0 Å². The zero-order valence-corrected chi connectivity index (χ0v) is 11.4. The Kier molecular flexibility index (Phi) is 4.83. The van der Waals surface area contributed by atoms with Gasteiger partial charge in [-0.25, -0.2) is 0 Å². The van der Waals surface area contributed by atoms with Crippen molar-refractivity contribution in [2.24, 2.45) is 11.8 Å². The summed E-state index contributed by atoms with van der Waals surface area (Å²) in [5.74, 6) is 1.37. The summed E-state index contributed by atoms with van der Waals surface area (Å²) < 4.78 is 0. The maximum Gasteiger partial charge on any atom is 0.0553 e. The van der Waals surface area contributed by atoms with Crippen LogP contribution in [0.1, 0.15) is 39.5 Å². The SMILES string of the molecule is CCN1CC(NCC2CCC2)CC(C(C)O)C1. The van der Waals surface area contributed by atoms with Crippen LogP contribution < -0.4 is 5.32 Å².